The number of aromatic amines is 1. The molecule has 0 saturated heterocycles. The fourth-order valence-corrected chi connectivity index (χ4v) is 2.83. The lowest BCUT2D eigenvalue weighted by Gasteiger charge is -2.09. The average molecular weight is 354 g/mol. The summed E-state index contributed by atoms with van der Waals surface area (Å²) in [6.45, 7) is 3.76. The van der Waals surface area contributed by atoms with Crippen LogP contribution in [-0.4, -0.2) is 27.1 Å². The third-order valence-corrected chi connectivity index (χ3v) is 4.33. The molecular formula is C18H19N4O2P. The van der Waals surface area contributed by atoms with Crippen molar-refractivity contribution in [3.05, 3.63) is 41.0 Å². The van der Waals surface area contributed by atoms with Gasteiger partial charge in [-0.25, -0.2) is 4.98 Å². The molecule has 3 rings (SSSR count). The topological polar surface area (TPSA) is 90.0 Å². The van der Waals surface area contributed by atoms with Gasteiger partial charge in [-0.15, -0.1) is 0 Å². The number of carbonyl (C=O) groups excluding carboxylic acids is 1. The van der Waals surface area contributed by atoms with E-state index in [1.54, 1.807) is 12.4 Å². The summed E-state index contributed by atoms with van der Waals surface area (Å²) in [5.74, 6) is 5.65. The van der Waals surface area contributed by atoms with E-state index < -0.39 is 6.10 Å². The number of aromatic nitrogens is 2. The van der Waals surface area contributed by atoms with Gasteiger partial charge < -0.3 is 20.5 Å². The van der Waals surface area contributed by atoms with E-state index in [4.69, 9.17) is 0 Å². The first kappa shape index (κ1) is 17.2. The normalized spacial score (nSPS) is 15.4. The number of aliphatic hydroxyl groups is 1. The average Bonchev–Trinajstić information content (AvgIpc) is 3.16. The van der Waals surface area contributed by atoms with Crippen molar-refractivity contribution < 1.29 is 9.90 Å². The first-order chi connectivity index (χ1) is 12.0. The predicted octanol–water partition coefficient (Wildman–Crippen LogP) is 2.54. The fraction of sp³-hybridized carbons (Fsp3) is 0.222. The Morgan fingerprint density at radius 3 is 2.92 bits per heavy atom. The molecule has 0 radical (unpaired) electrons. The molecule has 2 heterocycles. The molecule has 0 saturated carbocycles. The highest BCUT2D eigenvalue weighted by Gasteiger charge is 2.28. The lowest BCUT2D eigenvalue weighted by atomic mass is 9.97. The largest absolute Gasteiger partial charge is 0.380 e. The molecule has 0 aliphatic carbocycles. The first-order valence-electron chi connectivity index (χ1n) is 7.91. The number of carbonyl (C=O) groups is 1. The number of imidazole rings is 1. The Bertz CT molecular complexity index is 921. The summed E-state index contributed by atoms with van der Waals surface area (Å²) < 4.78 is 0. The lowest BCUT2D eigenvalue weighted by molar-refractivity contribution is -0.110. The number of aryl methyl sites for hydroxylation is 1. The molecule has 6 nitrogen and oxygen atoms in total. The molecule has 128 valence electrons. The zero-order valence-corrected chi connectivity index (χ0v) is 15.1. The van der Waals surface area contributed by atoms with E-state index in [9.17, 15) is 9.90 Å². The minimum absolute atomic E-state index is 0.197. The molecule has 1 amide bonds. The first-order valence-corrected chi connectivity index (χ1v) is 8.49. The van der Waals surface area contributed by atoms with Gasteiger partial charge in [0.25, 0.3) is 5.91 Å². The van der Waals surface area contributed by atoms with E-state index in [-0.39, 0.29) is 5.91 Å². The molecule has 4 N–H and O–H groups in total. The summed E-state index contributed by atoms with van der Waals surface area (Å²) in [5, 5.41) is 15.7. The van der Waals surface area contributed by atoms with E-state index in [0.717, 1.165) is 16.9 Å². The zero-order chi connectivity index (χ0) is 18.0. The van der Waals surface area contributed by atoms with Crippen molar-refractivity contribution in [3.8, 4) is 11.8 Å². The van der Waals surface area contributed by atoms with Gasteiger partial charge in [0.15, 0.2) is 0 Å². The highest BCUT2D eigenvalue weighted by molar-refractivity contribution is 7.18. The van der Waals surface area contributed by atoms with Crippen LogP contribution in [0.4, 0.5) is 11.4 Å². The number of rotatable bonds is 3. The second kappa shape index (κ2) is 7.10. The Morgan fingerprint density at radius 1 is 1.48 bits per heavy atom. The quantitative estimate of drug-likeness (QED) is 0.387. The number of anilines is 2. The molecule has 1 aromatic carbocycles. The van der Waals surface area contributed by atoms with E-state index in [1.165, 1.54) is 0 Å². The molecular weight excluding hydrogens is 335 g/mol. The van der Waals surface area contributed by atoms with Crippen LogP contribution in [-0.2, 0) is 4.79 Å². The molecule has 0 bridgehead atoms. The van der Waals surface area contributed by atoms with Gasteiger partial charge in [0.1, 0.15) is 6.10 Å². The molecule has 2 unspecified atom stereocenters. The van der Waals surface area contributed by atoms with Gasteiger partial charge in [0, 0.05) is 11.3 Å². The molecule has 7 heteroatoms. The van der Waals surface area contributed by atoms with Gasteiger partial charge in [-0.1, -0.05) is 18.8 Å². The fourth-order valence-electron chi connectivity index (χ4n) is 2.59. The number of fused-ring (bicyclic) bond motifs is 1. The van der Waals surface area contributed by atoms with Crippen molar-refractivity contribution in [3.63, 3.8) is 0 Å². The van der Waals surface area contributed by atoms with Crippen LogP contribution < -0.4 is 10.4 Å². The van der Waals surface area contributed by atoms with Crippen LogP contribution in [0, 0.1) is 18.8 Å². The molecule has 1 aliphatic heterocycles. The minimum Gasteiger partial charge on any atom is -0.380 e. The van der Waals surface area contributed by atoms with Crippen molar-refractivity contribution in [1.82, 2.24) is 9.97 Å². The zero-order valence-electron chi connectivity index (χ0n) is 14.0. The number of H-pyrrole nitrogens is 1. The smallest absolute Gasteiger partial charge is 0.256 e. The standard InChI is InChI=1S/C18H19N4O2P/c1-3-11(23)4-5-12-14(22-25)6-7-15-17(12)13(18(24)21-15)8-16-10(2)19-9-20-16/h6-9,11,22-23H,3,25H2,1-2H3,(H,19,20)(H,21,24)/b13-8-. The number of hydrogen-bond acceptors (Lipinski definition) is 4. The van der Waals surface area contributed by atoms with Crippen LogP contribution in [0.25, 0.3) is 11.6 Å². The minimum atomic E-state index is -0.709. The van der Waals surface area contributed by atoms with E-state index in [0.29, 0.717) is 28.9 Å². The third kappa shape index (κ3) is 3.30. The van der Waals surface area contributed by atoms with Gasteiger partial charge in [-0.05, 0) is 40.9 Å². The predicted molar refractivity (Wildman–Crippen MR) is 103 cm³/mol. The van der Waals surface area contributed by atoms with Crippen LogP contribution in [0.2, 0.25) is 0 Å². The van der Waals surface area contributed by atoms with E-state index in [1.807, 2.05) is 26.0 Å². The summed E-state index contributed by atoms with van der Waals surface area (Å²) in [7, 11) is 2.43. The SMILES string of the molecule is CCC(O)C#Cc1c(NP)ccc2c1/C(=C/c1nc[nH]c1C)C(=O)N2. The molecule has 25 heavy (non-hydrogen) atoms. The maximum atomic E-state index is 12.5. The van der Waals surface area contributed by atoms with Crippen molar-refractivity contribution in [1.29, 1.82) is 0 Å². The number of amides is 1. The van der Waals surface area contributed by atoms with Crippen LogP contribution in [0.3, 0.4) is 0 Å². The second-order valence-corrected chi connectivity index (χ2v) is 5.96. The number of nitrogens with zero attached hydrogens (tertiary/aromatic N) is 1. The number of nitrogens with one attached hydrogen (secondary N) is 3. The Kier molecular flexibility index (Phi) is 4.89. The van der Waals surface area contributed by atoms with Crippen molar-refractivity contribution >= 4 is 38.3 Å². The Balaban J connectivity index is 2.20. The lowest BCUT2D eigenvalue weighted by Crippen LogP contribution is -2.03. The Labute approximate surface area is 148 Å². The highest BCUT2D eigenvalue weighted by atomic mass is 31.0. The monoisotopic (exact) mass is 354 g/mol. The van der Waals surface area contributed by atoms with Gasteiger partial charge in [0.05, 0.1) is 34.5 Å². The van der Waals surface area contributed by atoms with Gasteiger partial charge in [0.2, 0.25) is 0 Å². The van der Waals surface area contributed by atoms with Crippen molar-refractivity contribution in [2.45, 2.75) is 26.4 Å². The van der Waals surface area contributed by atoms with Crippen LogP contribution in [0.15, 0.2) is 18.5 Å². The van der Waals surface area contributed by atoms with E-state index >= 15 is 0 Å². The number of aliphatic hydroxyl groups excluding tert-OH is 1. The van der Waals surface area contributed by atoms with E-state index in [2.05, 4.69) is 41.6 Å². The summed E-state index contributed by atoms with van der Waals surface area (Å²) in [4.78, 5) is 19.7. The molecule has 2 atom stereocenters. The summed E-state index contributed by atoms with van der Waals surface area (Å²) in [6, 6.07) is 3.68. The second-order valence-electron chi connectivity index (χ2n) is 5.67. The van der Waals surface area contributed by atoms with Crippen molar-refractivity contribution in [2.75, 3.05) is 10.4 Å². The summed E-state index contributed by atoms with van der Waals surface area (Å²) in [6.07, 6.45) is 3.17. The molecule has 1 aromatic heterocycles. The Morgan fingerprint density at radius 2 is 2.28 bits per heavy atom. The van der Waals surface area contributed by atoms with Crippen LogP contribution >= 0.6 is 9.39 Å². The summed E-state index contributed by atoms with van der Waals surface area (Å²) in [5.41, 5.74) is 4.93. The number of hydrogen-bond donors (Lipinski definition) is 4. The van der Waals surface area contributed by atoms with Crippen LogP contribution in [0.5, 0.6) is 0 Å². The number of benzene rings is 1. The van der Waals surface area contributed by atoms with Gasteiger partial charge in [-0.3, -0.25) is 4.79 Å². The van der Waals surface area contributed by atoms with Gasteiger partial charge >= 0.3 is 0 Å². The molecule has 0 spiro atoms. The maximum Gasteiger partial charge on any atom is 0.256 e. The third-order valence-electron chi connectivity index (χ3n) is 4.02. The van der Waals surface area contributed by atoms with Crippen molar-refractivity contribution in [2.24, 2.45) is 0 Å². The maximum absolute atomic E-state index is 12.5. The highest BCUT2D eigenvalue weighted by Crippen LogP contribution is 2.39. The Hall–Kier alpha value is -2.61. The van der Waals surface area contributed by atoms with Crippen LogP contribution in [0.1, 0.15) is 35.9 Å². The molecule has 0 fully saturated rings. The van der Waals surface area contributed by atoms with Gasteiger partial charge in [-0.2, -0.15) is 0 Å². The summed E-state index contributed by atoms with van der Waals surface area (Å²) >= 11 is 0. The molecule has 2 aromatic rings. The molecule has 1 aliphatic rings.